The lowest BCUT2D eigenvalue weighted by molar-refractivity contribution is -0.117. The summed E-state index contributed by atoms with van der Waals surface area (Å²) in [6, 6.07) is 10.8. The number of hydrogen-bond acceptors (Lipinski definition) is 4. The van der Waals surface area contributed by atoms with Crippen LogP contribution in [-0.4, -0.2) is 32.5 Å². The molecule has 8 heteroatoms. The number of carbonyl (C=O) groups is 2. The number of hydrogen-bond donors (Lipinski definition) is 1. The summed E-state index contributed by atoms with van der Waals surface area (Å²) >= 11 is 3.34. The van der Waals surface area contributed by atoms with Crippen LogP contribution in [0.1, 0.15) is 31.4 Å². The molecule has 0 fully saturated rings. The zero-order chi connectivity index (χ0) is 21.2. The van der Waals surface area contributed by atoms with Crippen molar-refractivity contribution in [3.05, 3.63) is 52.0 Å². The molecule has 0 atom stereocenters. The van der Waals surface area contributed by atoms with Gasteiger partial charge in [0, 0.05) is 35.7 Å². The third-order valence-corrected chi connectivity index (χ3v) is 7.63. The third-order valence-electron chi connectivity index (χ3n) is 4.96. The molecule has 6 nitrogen and oxygen atoms in total. The fraction of sp³-hybridized carbons (Fsp3) is 0.333. The molecule has 29 heavy (non-hydrogen) atoms. The van der Waals surface area contributed by atoms with Crippen molar-refractivity contribution in [2.75, 3.05) is 22.5 Å². The number of amides is 2. The van der Waals surface area contributed by atoms with E-state index in [1.54, 1.807) is 17.0 Å². The van der Waals surface area contributed by atoms with Crippen LogP contribution in [0.15, 0.2) is 45.8 Å². The highest BCUT2D eigenvalue weighted by atomic mass is 79.9. The summed E-state index contributed by atoms with van der Waals surface area (Å²) in [6.07, 6.45) is 1.38. The molecule has 1 aliphatic heterocycles. The molecule has 0 saturated carbocycles. The zero-order valence-corrected chi connectivity index (χ0v) is 18.8. The van der Waals surface area contributed by atoms with Crippen LogP contribution in [0, 0.1) is 0 Å². The van der Waals surface area contributed by atoms with Crippen molar-refractivity contribution in [1.82, 2.24) is 0 Å². The van der Waals surface area contributed by atoms with Gasteiger partial charge in [-0.15, -0.1) is 0 Å². The summed E-state index contributed by atoms with van der Waals surface area (Å²) in [5.41, 5.74) is 3.30. The first-order valence-electron chi connectivity index (χ1n) is 9.43. The van der Waals surface area contributed by atoms with Gasteiger partial charge in [0.05, 0.1) is 10.6 Å². The van der Waals surface area contributed by atoms with E-state index in [0.29, 0.717) is 28.8 Å². The van der Waals surface area contributed by atoms with Gasteiger partial charge in [-0.05, 0) is 64.2 Å². The van der Waals surface area contributed by atoms with Gasteiger partial charge in [-0.1, -0.05) is 19.1 Å². The molecular formula is C21H23BrN2O4S. The Labute approximate surface area is 179 Å². The number of fused-ring (bicyclic) bond motifs is 1. The van der Waals surface area contributed by atoms with Crippen LogP contribution in [0.2, 0.25) is 0 Å². The molecule has 0 saturated heterocycles. The Morgan fingerprint density at radius 2 is 1.97 bits per heavy atom. The van der Waals surface area contributed by atoms with E-state index < -0.39 is 9.84 Å². The summed E-state index contributed by atoms with van der Waals surface area (Å²) in [5, 5.41) is 2.75. The van der Waals surface area contributed by atoms with Crippen molar-refractivity contribution in [2.24, 2.45) is 0 Å². The molecule has 2 amide bonds. The molecule has 0 unspecified atom stereocenters. The van der Waals surface area contributed by atoms with E-state index in [-0.39, 0.29) is 28.9 Å². The number of nitrogens with zero attached hydrogens (tertiary/aromatic N) is 1. The van der Waals surface area contributed by atoms with Crippen LogP contribution in [0.25, 0.3) is 0 Å². The zero-order valence-electron chi connectivity index (χ0n) is 16.4. The van der Waals surface area contributed by atoms with Crippen molar-refractivity contribution in [2.45, 2.75) is 38.0 Å². The van der Waals surface area contributed by atoms with E-state index in [0.717, 1.165) is 17.5 Å². The maximum Gasteiger partial charge on any atom is 0.225 e. The van der Waals surface area contributed by atoms with Crippen LogP contribution in [0.4, 0.5) is 11.4 Å². The number of anilines is 2. The Morgan fingerprint density at radius 1 is 1.21 bits per heavy atom. The minimum Gasteiger partial charge on any atom is -0.326 e. The van der Waals surface area contributed by atoms with Crippen LogP contribution in [0.5, 0.6) is 0 Å². The normalized spacial score (nSPS) is 13.3. The predicted octanol–water partition coefficient (Wildman–Crippen LogP) is 3.72. The second-order valence-corrected chi connectivity index (χ2v) is 9.93. The molecule has 2 aromatic carbocycles. The van der Waals surface area contributed by atoms with Gasteiger partial charge in [-0.25, -0.2) is 8.42 Å². The molecule has 0 spiro atoms. The second-order valence-electron chi connectivity index (χ2n) is 7.00. The van der Waals surface area contributed by atoms with Gasteiger partial charge in [-0.3, -0.25) is 9.59 Å². The summed E-state index contributed by atoms with van der Waals surface area (Å²) in [6.45, 7) is 4.03. The Morgan fingerprint density at radius 3 is 2.66 bits per heavy atom. The fourth-order valence-corrected chi connectivity index (χ4v) is 5.83. The fourth-order valence-electron chi connectivity index (χ4n) is 3.38. The average Bonchev–Trinajstić information content (AvgIpc) is 3.09. The molecule has 3 rings (SSSR count). The number of sulfone groups is 1. The summed E-state index contributed by atoms with van der Waals surface area (Å²) in [5.74, 6) is -0.795. The van der Waals surface area contributed by atoms with E-state index in [1.807, 2.05) is 25.1 Å². The first kappa shape index (κ1) is 21.5. The molecular weight excluding hydrogens is 456 g/mol. The van der Waals surface area contributed by atoms with Gasteiger partial charge in [0.15, 0.2) is 9.84 Å². The Bertz CT molecular complexity index is 1070. The highest BCUT2D eigenvalue weighted by Crippen LogP contribution is 2.36. The molecule has 0 aliphatic carbocycles. The topological polar surface area (TPSA) is 83.6 Å². The van der Waals surface area contributed by atoms with E-state index in [2.05, 4.69) is 21.2 Å². The molecule has 2 aromatic rings. The lowest BCUT2D eigenvalue weighted by atomic mass is 10.1. The number of aryl methyl sites for hydroxylation is 1. The minimum atomic E-state index is -3.71. The average molecular weight is 479 g/mol. The largest absolute Gasteiger partial charge is 0.326 e. The van der Waals surface area contributed by atoms with E-state index >= 15 is 0 Å². The van der Waals surface area contributed by atoms with Gasteiger partial charge in [-0.2, -0.15) is 0 Å². The second kappa shape index (κ2) is 8.67. The van der Waals surface area contributed by atoms with Gasteiger partial charge >= 0.3 is 0 Å². The molecule has 1 N–H and O–H groups in total. The van der Waals surface area contributed by atoms with Gasteiger partial charge in [0.1, 0.15) is 0 Å². The maximum absolute atomic E-state index is 12.9. The maximum atomic E-state index is 12.9. The molecule has 1 aliphatic rings. The summed E-state index contributed by atoms with van der Waals surface area (Å²) in [7, 11) is -3.71. The molecule has 0 radical (unpaired) electrons. The van der Waals surface area contributed by atoms with Crippen molar-refractivity contribution < 1.29 is 18.0 Å². The highest BCUT2D eigenvalue weighted by molar-refractivity contribution is 9.10. The summed E-state index contributed by atoms with van der Waals surface area (Å²) in [4.78, 5) is 25.7. The lowest BCUT2D eigenvalue weighted by Crippen LogP contribution is -2.26. The standard InChI is InChI=1S/C21H23BrN2O4S/c1-3-15-5-4-6-17(11-15)23-21(26)8-10-29(27,28)20-13-19-16(12-18(20)22)7-9-24(19)14(2)25/h4-6,11-13H,3,7-10H2,1-2H3,(H,23,26). The molecule has 1 heterocycles. The van der Waals surface area contributed by atoms with Crippen molar-refractivity contribution in [1.29, 1.82) is 0 Å². The number of halogens is 1. The summed E-state index contributed by atoms with van der Waals surface area (Å²) < 4.78 is 26.2. The first-order valence-corrected chi connectivity index (χ1v) is 11.9. The number of carbonyl (C=O) groups excluding carboxylic acids is 2. The first-order chi connectivity index (χ1) is 13.7. The van der Waals surface area contributed by atoms with Crippen molar-refractivity contribution in [3.63, 3.8) is 0 Å². The Balaban J connectivity index is 1.73. The van der Waals surface area contributed by atoms with E-state index in [4.69, 9.17) is 0 Å². The van der Waals surface area contributed by atoms with Crippen LogP contribution in [-0.2, 0) is 32.3 Å². The third kappa shape index (κ3) is 4.87. The molecule has 154 valence electrons. The minimum absolute atomic E-state index is 0.102. The van der Waals surface area contributed by atoms with Crippen LogP contribution < -0.4 is 10.2 Å². The monoisotopic (exact) mass is 478 g/mol. The predicted molar refractivity (Wildman–Crippen MR) is 117 cm³/mol. The van der Waals surface area contributed by atoms with E-state index in [1.165, 1.54) is 13.0 Å². The van der Waals surface area contributed by atoms with Gasteiger partial charge < -0.3 is 10.2 Å². The van der Waals surface area contributed by atoms with E-state index in [9.17, 15) is 18.0 Å². The number of rotatable bonds is 6. The Kier molecular flexibility index (Phi) is 6.43. The van der Waals surface area contributed by atoms with Crippen molar-refractivity contribution in [3.8, 4) is 0 Å². The number of nitrogens with one attached hydrogen (secondary N) is 1. The lowest BCUT2D eigenvalue weighted by Gasteiger charge is -2.16. The smallest absolute Gasteiger partial charge is 0.225 e. The van der Waals surface area contributed by atoms with Crippen molar-refractivity contribution >= 4 is 49.0 Å². The molecule has 0 bridgehead atoms. The van der Waals surface area contributed by atoms with Crippen LogP contribution >= 0.6 is 15.9 Å². The number of benzene rings is 2. The highest BCUT2D eigenvalue weighted by Gasteiger charge is 2.27. The van der Waals surface area contributed by atoms with Gasteiger partial charge in [0.2, 0.25) is 11.8 Å². The Hall–Kier alpha value is -2.19. The quantitative estimate of drug-likeness (QED) is 0.685. The molecule has 0 aromatic heterocycles. The SMILES string of the molecule is CCc1cccc(NC(=O)CCS(=O)(=O)c2cc3c(cc2Br)CCN3C(C)=O)c1. The van der Waals surface area contributed by atoms with Crippen LogP contribution in [0.3, 0.4) is 0 Å². The van der Waals surface area contributed by atoms with Gasteiger partial charge in [0.25, 0.3) is 0 Å².